The first-order valence-electron chi connectivity index (χ1n) is 5.25. The highest BCUT2D eigenvalue weighted by Gasteiger charge is 2.25. The summed E-state index contributed by atoms with van der Waals surface area (Å²) in [6, 6.07) is 3.07. The second kappa shape index (κ2) is 5.75. The fourth-order valence-corrected chi connectivity index (χ4v) is 1.57. The van der Waals surface area contributed by atoms with Crippen molar-refractivity contribution in [3.63, 3.8) is 0 Å². The van der Waals surface area contributed by atoms with Crippen molar-refractivity contribution in [1.82, 2.24) is 0 Å². The zero-order valence-electron chi connectivity index (χ0n) is 10.3. The van der Waals surface area contributed by atoms with Gasteiger partial charge in [-0.05, 0) is 32.9 Å². The lowest BCUT2D eigenvalue weighted by atomic mass is 10.1. The summed E-state index contributed by atoms with van der Waals surface area (Å²) in [6.45, 7) is 5.20. The van der Waals surface area contributed by atoms with Gasteiger partial charge >= 0.3 is 0 Å². The van der Waals surface area contributed by atoms with Gasteiger partial charge in [-0.3, -0.25) is 0 Å². The topological polar surface area (TPSA) is 35.4 Å². The van der Waals surface area contributed by atoms with Crippen LogP contribution in [0.3, 0.4) is 0 Å². The van der Waals surface area contributed by atoms with Crippen LogP contribution in [0.25, 0.3) is 0 Å². The molecule has 0 fully saturated rings. The zero-order valence-corrected chi connectivity index (χ0v) is 11.1. The van der Waals surface area contributed by atoms with Crippen LogP contribution in [0.5, 0.6) is 0 Å². The van der Waals surface area contributed by atoms with E-state index in [9.17, 15) is 17.7 Å². The highest BCUT2D eigenvalue weighted by molar-refractivity contribution is 7.91. The van der Waals surface area contributed by atoms with E-state index in [4.69, 9.17) is 0 Å². The minimum Gasteiger partial charge on any atom is -0.591 e. The molecule has 6 heteroatoms. The molecule has 1 rings (SSSR count). The van der Waals surface area contributed by atoms with Gasteiger partial charge in [0.05, 0.1) is 6.21 Å². The molecule has 100 valence electrons. The fourth-order valence-electron chi connectivity index (χ4n) is 1.05. The lowest BCUT2D eigenvalue weighted by Gasteiger charge is -2.17. The van der Waals surface area contributed by atoms with Gasteiger partial charge in [0.2, 0.25) is 0 Å². The van der Waals surface area contributed by atoms with Crippen molar-refractivity contribution < 1.29 is 17.7 Å². The number of benzene rings is 1. The van der Waals surface area contributed by atoms with Crippen LogP contribution in [0.15, 0.2) is 22.6 Å². The smallest absolute Gasteiger partial charge is 0.263 e. The summed E-state index contributed by atoms with van der Waals surface area (Å²) < 4.78 is 52.8. The Morgan fingerprint density at radius 2 is 1.94 bits per heavy atom. The van der Waals surface area contributed by atoms with Gasteiger partial charge in [0.25, 0.3) is 6.43 Å². The second-order valence-electron chi connectivity index (χ2n) is 4.68. The molecule has 0 radical (unpaired) electrons. The number of hydrogen-bond donors (Lipinski definition) is 0. The summed E-state index contributed by atoms with van der Waals surface area (Å²) in [7, 11) is 0. The SMILES string of the molecule is CC(C)(C)[S@@+]([O-])/N=C/c1ccc(C(F)F)cc1F. The Bertz CT molecular complexity index is 443. The molecule has 0 N–H and O–H groups in total. The number of alkyl halides is 2. The van der Waals surface area contributed by atoms with Gasteiger partial charge in [-0.15, -0.1) is 0 Å². The third-order valence-corrected chi connectivity index (χ3v) is 3.43. The maximum atomic E-state index is 13.4. The molecule has 0 heterocycles. The first kappa shape index (κ1) is 15.0. The summed E-state index contributed by atoms with van der Waals surface area (Å²) in [5.41, 5.74) is -0.349. The number of halogens is 3. The molecular weight excluding hydrogens is 263 g/mol. The van der Waals surface area contributed by atoms with E-state index in [0.29, 0.717) is 0 Å². The van der Waals surface area contributed by atoms with Gasteiger partial charge in [-0.2, -0.15) is 0 Å². The Morgan fingerprint density at radius 1 is 1.33 bits per heavy atom. The predicted octanol–water partition coefficient (Wildman–Crippen LogP) is 3.64. The third kappa shape index (κ3) is 4.03. The van der Waals surface area contributed by atoms with E-state index in [0.717, 1.165) is 18.3 Å². The van der Waals surface area contributed by atoms with Gasteiger partial charge in [0.1, 0.15) is 21.9 Å². The van der Waals surface area contributed by atoms with Crippen LogP contribution >= 0.6 is 0 Å². The van der Waals surface area contributed by atoms with Crippen LogP contribution in [0.4, 0.5) is 13.2 Å². The molecule has 2 nitrogen and oxygen atoms in total. The minimum atomic E-state index is -2.71. The largest absolute Gasteiger partial charge is 0.591 e. The van der Waals surface area contributed by atoms with Crippen molar-refractivity contribution in [2.75, 3.05) is 0 Å². The highest BCUT2D eigenvalue weighted by atomic mass is 32.2. The Morgan fingerprint density at radius 3 is 2.39 bits per heavy atom. The van der Waals surface area contributed by atoms with Gasteiger partial charge in [0, 0.05) is 11.1 Å². The Labute approximate surface area is 107 Å². The van der Waals surface area contributed by atoms with Crippen LogP contribution in [-0.2, 0) is 11.4 Å². The van der Waals surface area contributed by atoms with Crippen molar-refractivity contribution in [2.24, 2.45) is 4.40 Å². The molecule has 0 spiro atoms. The standard InChI is InChI=1S/C12H14F3NOS/c1-12(2,3)18(17)16-7-9-5-4-8(11(14)15)6-10(9)13/h4-7,11H,1-3H3/b16-7+/t18-/m1/s1. The van der Waals surface area contributed by atoms with E-state index in [-0.39, 0.29) is 11.1 Å². The van der Waals surface area contributed by atoms with Gasteiger partial charge in [0.15, 0.2) is 0 Å². The average Bonchev–Trinajstić information content (AvgIpc) is 2.25. The number of rotatable bonds is 3. The Hall–Kier alpha value is -1.01. The molecule has 0 saturated heterocycles. The first-order chi connectivity index (χ1) is 8.21. The van der Waals surface area contributed by atoms with E-state index < -0.39 is 28.4 Å². The van der Waals surface area contributed by atoms with E-state index in [1.807, 2.05) is 0 Å². The molecule has 0 bridgehead atoms. The Balaban J connectivity index is 2.89. The van der Waals surface area contributed by atoms with Gasteiger partial charge in [-0.1, -0.05) is 10.5 Å². The predicted molar refractivity (Wildman–Crippen MR) is 66.8 cm³/mol. The Kier molecular flexibility index (Phi) is 4.81. The molecule has 1 aromatic rings. The van der Waals surface area contributed by atoms with E-state index in [1.165, 1.54) is 6.07 Å². The van der Waals surface area contributed by atoms with Crippen LogP contribution in [-0.4, -0.2) is 15.5 Å². The maximum absolute atomic E-state index is 13.4. The summed E-state index contributed by atoms with van der Waals surface area (Å²) in [5.74, 6) is -0.803. The molecule has 18 heavy (non-hydrogen) atoms. The van der Waals surface area contributed by atoms with Crippen LogP contribution in [0.1, 0.15) is 38.3 Å². The molecule has 1 aromatic carbocycles. The van der Waals surface area contributed by atoms with E-state index in [2.05, 4.69) is 4.40 Å². The molecule has 0 aliphatic rings. The molecule has 0 aliphatic heterocycles. The normalized spacial score (nSPS) is 14.4. The van der Waals surface area contributed by atoms with Crippen LogP contribution in [0.2, 0.25) is 0 Å². The molecule has 0 amide bonds. The van der Waals surface area contributed by atoms with Crippen molar-refractivity contribution in [3.8, 4) is 0 Å². The van der Waals surface area contributed by atoms with Gasteiger partial charge < -0.3 is 4.55 Å². The zero-order chi connectivity index (χ0) is 13.9. The monoisotopic (exact) mass is 277 g/mol. The molecule has 0 aromatic heterocycles. The molecule has 0 aliphatic carbocycles. The van der Waals surface area contributed by atoms with Crippen molar-refractivity contribution >= 4 is 17.6 Å². The average molecular weight is 277 g/mol. The first-order valence-corrected chi connectivity index (χ1v) is 6.36. The molecular formula is C12H14F3NOS. The lowest BCUT2D eigenvalue weighted by Crippen LogP contribution is -2.25. The van der Waals surface area contributed by atoms with Crippen LogP contribution < -0.4 is 0 Å². The minimum absolute atomic E-state index is 0.0389. The highest BCUT2D eigenvalue weighted by Crippen LogP contribution is 2.21. The summed E-state index contributed by atoms with van der Waals surface area (Å²) in [4.78, 5) is 0. The summed E-state index contributed by atoms with van der Waals surface area (Å²) in [5, 5.41) is 0. The van der Waals surface area contributed by atoms with E-state index >= 15 is 0 Å². The van der Waals surface area contributed by atoms with Crippen molar-refractivity contribution in [3.05, 3.63) is 35.1 Å². The maximum Gasteiger partial charge on any atom is 0.263 e. The summed E-state index contributed by atoms with van der Waals surface area (Å²) in [6.07, 6.45) is -1.61. The molecule has 0 saturated carbocycles. The summed E-state index contributed by atoms with van der Waals surface area (Å²) >= 11 is -1.51. The van der Waals surface area contributed by atoms with Crippen molar-refractivity contribution in [2.45, 2.75) is 31.9 Å². The molecule has 0 unspecified atom stereocenters. The quantitative estimate of drug-likeness (QED) is 0.613. The molecule has 1 atom stereocenters. The second-order valence-corrected chi connectivity index (χ2v) is 6.61. The van der Waals surface area contributed by atoms with Crippen LogP contribution in [0, 0.1) is 5.82 Å². The fraction of sp³-hybridized carbons (Fsp3) is 0.417. The van der Waals surface area contributed by atoms with E-state index in [1.54, 1.807) is 20.8 Å². The van der Waals surface area contributed by atoms with Gasteiger partial charge in [-0.25, -0.2) is 13.2 Å². The lowest BCUT2D eigenvalue weighted by molar-refractivity contribution is 0.151. The third-order valence-electron chi connectivity index (χ3n) is 2.09. The number of hydrogen-bond acceptors (Lipinski definition) is 2. The number of nitrogens with zero attached hydrogens (tertiary/aromatic N) is 1. The van der Waals surface area contributed by atoms with Crippen molar-refractivity contribution in [1.29, 1.82) is 0 Å².